The molecular formula is C25H25Cl2N3O5. The molecule has 1 amide bonds. The molecular weight excluding hydrogens is 493 g/mol. The second-order valence-corrected chi connectivity index (χ2v) is 9.38. The lowest BCUT2D eigenvalue weighted by Crippen LogP contribution is -2.32. The van der Waals surface area contributed by atoms with Gasteiger partial charge in [-0.3, -0.25) is 9.69 Å². The maximum atomic E-state index is 12.5. The number of rotatable bonds is 9. The number of aromatic nitrogens is 1. The third-order valence-electron chi connectivity index (χ3n) is 5.91. The molecule has 35 heavy (non-hydrogen) atoms. The van der Waals surface area contributed by atoms with Crippen molar-refractivity contribution < 1.29 is 23.4 Å². The van der Waals surface area contributed by atoms with Crippen LogP contribution in [0.4, 0.5) is 0 Å². The van der Waals surface area contributed by atoms with Crippen LogP contribution in [0.3, 0.4) is 0 Å². The molecule has 2 aromatic carbocycles. The summed E-state index contributed by atoms with van der Waals surface area (Å²) in [6, 6.07) is 11.3. The second-order valence-electron chi connectivity index (χ2n) is 8.54. The van der Waals surface area contributed by atoms with Crippen LogP contribution in [0.5, 0.6) is 11.5 Å². The summed E-state index contributed by atoms with van der Waals surface area (Å²) in [6.45, 7) is 2.88. The van der Waals surface area contributed by atoms with Crippen molar-refractivity contribution in [1.29, 1.82) is 0 Å². The molecule has 0 unspecified atom stereocenters. The quantitative estimate of drug-likeness (QED) is 0.435. The van der Waals surface area contributed by atoms with Gasteiger partial charge in [0, 0.05) is 36.3 Å². The topological polar surface area (TPSA) is 86.1 Å². The number of halogens is 2. The van der Waals surface area contributed by atoms with Gasteiger partial charge < -0.3 is 23.9 Å². The number of nitrogens with zero attached hydrogens (tertiary/aromatic N) is 2. The van der Waals surface area contributed by atoms with Crippen molar-refractivity contribution in [2.75, 3.05) is 19.9 Å². The van der Waals surface area contributed by atoms with E-state index in [0.717, 1.165) is 36.3 Å². The molecule has 1 atom stereocenters. The van der Waals surface area contributed by atoms with Gasteiger partial charge in [0.1, 0.15) is 6.26 Å². The van der Waals surface area contributed by atoms with Crippen LogP contribution in [-0.4, -0.2) is 41.8 Å². The number of hydrogen-bond acceptors (Lipinski definition) is 7. The number of ether oxygens (including phenoxy) is 3. The first-order valence-corrected chi connectivity index (χ1v) is 12.2. The normalized spacial score (nSPS) is 16.7. The minimum Gasteiger partial charge on any atom is -0.454 e. The fourth-order valence-electron chi connectivity index (χ4n) is 4.14. The maximum absolute atomic E-state index is 12.5. The number of carbonyl (C=O) groups excluding carboxylic acids is 1. The van der Waals surface area contributed by atoms with E-state index in [1.807, 2.05) is 30.3 Å². The van der Waals surface area contributed by atoms with Crippen molar-refractivity contribution >= 4 is 29.1 Å². The molecule has 1 fully saturated rings. The third-order valence-corrected chi connectivity index (χ3v) is 6.50. The van der Waals surface area contributed by atoms with Gasteiger partial charge in [0.15, 0.2) is 17.2 Å². The van der Waals surface area contributed by atoms with Gasteiger partial charge in [-0.25, -0.2) is 4.98 Å². The van der Waals surface area contributed by atoms with Gasteiger partial charge >= 0.3 is 0 Å². The average Bonchev–Trinajstić information content (AvgIpc) is 3.61. The molecule has 5 rings (SSSR count). The number of benzene rings is 2. The molecule has 0 radical (unpaired) electrons. The Kier molecular flexibility index (Phi) is 7.43. The molecule has 10 heteroatoms. The van der Waals surface area contributed by atoms with Crippen molar-refractivity contribution in [3.63, 3.8) is 0 Å². The summed E-state index contributed by atoms with van der Waals surface area (Å²) in [6.07, 6.45) is 3.41. The van der Waals surface area contributed by atoms with E-state index in [1.165, 1.54) is 6.26 Å². The monoisotopic (exact) mass is 517 g/mol. The molecule has 0 saturated carbocycles. The van der Waals surface area contributed by atoms with E-state index in [9.17, 15) is 4.79 Å². The number of fused-ring (bicyclic) bond motifs is 1. The van der Waals surface area contributed by atoms with E-state index in [1.54, 1.807) is 6.07 Å². The molecule has 3 aromatic rings. The second kappa shape index (κ2) is 10.9. The number of oxazole rings is 1. The fourth-order valence-corrected chi connectivity index (χ4v) is 4.61. The summed E-state index contributed by atoms with van der Waals surface area (Å²) in [4.78, 5) is 19.0. The Hall–Kier alpha value is -2.78. The van der Waals surface area contributed by atoms with E-state index in [-0.39, 0.29) is 24.5 Å². The fraction of sp³-hybridized carbons (Fsp3) is 0.360. The zero-order valence-electron chi connectivity index (χ0n) is 19.0. The first kappa shape index (κ1) is 23.9. The molecule has 184 valence electrons. The van der Waals surface area contributed by atoms with Gasteiger partial charge in [0.05, 0.1) is 12.6 Å². The molecule has 0 spiro atoms. The summed E-state index contributed by atoms with van der Waals surface area (Å²) < 4.78 is 22.1. The largest absolute Gasteiger partial charge is 0.454 e. The minimum atomic E-state index is -0.279. The lowest BCUT2D eigenvalue weighted by Gasteiger charge is -2.22. The zero-order valence-corrected chi connectivity index (χ0v) is 20.5. The maximum Gasteiger partial charge on any atom is 0.273 e. The molecule has 3 heterocycles. The predicted octanol–water partition coefficient (Wildman–Crippen LogP) is 4.82. The Bertz CT molecular complexity index is 1200. The number of hydrogen-bond donors (Lipinski definition) is 1. The van der Waals surface area contributed by atoms with Crippen molar-refractivity contribution in [1.82, 2.24) is 15.2 Å². The van der Waals surface area contributed by atoms with E-state index >= 15 is 0 Å². The lowest BCUT2D eigenvalue weighted by atomic mass is 10.1. The van der Waals surface area contributed by atoms with Crippen LogP contribution >= 0.6 is 23.2 Å². The summed E-state index contributed by atoms with van der Waals surface area (Å²) in [5.74, 6) is 1.59. The Balaban J connectivity index is 1.29. The summed E-state index contributed by atoms with van der Waals surface area (Å²) in [7, 11) is 0. The van der Waals surface area contributed by atoms with Gasteiger partial charge in [0.2, 0.25) is 12.7 Å². The van der Waals surface area contributed by atoms with Crippen LogP contribution in [0.1, 0.15) is 40.3 Å². The van der Waals surface area contributed by atoms with E-state index in [0.29, 0.717) is 47.9 Å². The van der Waals surface area contributed by atoms with E-state index < -0.39 is 0 Å². The van der Waals surface area contributed by atoms with Crippen LogP contribution in [-0.2, 0) is 24.4 Å². The Morgan fingerprint density at radius 1 is 1.09 bits per heavy atom. The molecule has 1 aromatic heterocycles. The summed E-state index contributed by atoms with van der Waals surface area (Å²) in [5.41, 5.74) is 2.18. The van der Waals surface area contributed by atoms with E-state index in [4.69, 9.17) is 41.8 Å². The SMILES string of the molecule is O=C(NC[C@@H]1CCCO1)c1coc(CN(Cc2ccc3c(c2)OCO3)Cc2ccc(Cl)cc2Cl)n1. The van der Waals surface area contributed by atoms with E-state index in [2.05, 4.69) is 15.2 Å². The van der Waals surface area contributed by atoms with Gasteiger partial charge in [-0.1, -0.05) is 35.3 Å². The van der Waals surface area contributed by atoms with Crippen molar-refractivity contribution in [2.45, 2.75) is 38.6 Å². The Labute approximate surface area is 213 Å². The predicted molar refractivity (Wildman–Crippen MR) is 130 cm³/mol. The first-order valence-electron chi connectivity index (χ1n) is 11.4. The number of amides is 1. The molecule has 0 bridgehead atoms. The van der Waals surface area contributed by atoms with Gasteiger partial charge in [-0.2, -0.15) is 0 Å². The van der Waals surface area contributed by atoms with Crippen molar-refractivity contribution in [2.24, 2.45) is 0 Å². The molecule has 0 aliphatic carbocycles. The van der Waals surface area contributed by atoms with Crippen molar-refractivity contribution in [3.8, 4) is 11.5 Å². The Morgan fingerprint density at radius 3 is 2.80 bits per heavy atom. The Morgan fingerprint density at radius 2 is 1.97 bits per heavy atom. The molecule has 2 aliphatic rings. The van der Waals surface area contributed by atoms with Crippen molar-refractivity contribution in [3.05, 3.63) is 75.4 Å². The van der Waals surface area contributed by atoms with Crippen LogP contribution in [0, 0.1) is 0 Å². The number of nitrogens with one attached hydrogen (secondary N) is 1. The molecule has 1 N–H and O–H groups in total. The smallest absolute Gasteiger partial charge is 0.273 e. The summed E-state index contributed by atoms with van der Waals surface area (Å²) >= 11 is 12.5. The van der Waals surface area contributed by atoms with Crippen LogP contribution in [0.15, 0.2) is 47.1 Å². The zero-order chi connectivity index (χ0) is 24.2. The van der Waals surface area contributed by atoms with Gasteiger partial charge in [0.25, 0.3) is 5.91 Å². The average molecular weight is 518 g/mol. The molecule has 8 nitrogen and oxygen atoms in total. The molecule has 2 aliphatic heterocycles. The highest BCUT2D eigenvalue weighted by Gasteiger charge is 2.20. The first-order chi connectivity index (χ1) is 17.0. The van der Waals surface area contributed by atoms with Crippen LogP contribution < -0.4 is 14.8 Å². The van der Waals surface area contributed by atoms with Crippen LogP contribution in [0.25, 0.3) is 0 Å². The molecule has 1 saturated heterocycles. The standard InChI is InChI=1S/C25H25Cl2N3O5/c26-18-5-4-17(20(27)9-18)12-30(11-16-3-6-22-23(8-16)35-15-34-22)13-24-29-21(14-33-24)25(31)28-10-19-2-1-7-32-19/h3-6,8-9,14,19H,1-2,7,10-13,15H2,(H,28,31)/t19-/m0/s1. The highest BCUT2D eigenvalue weighted by atomic mass is 35.5. The van der Waals surface area contributed by atoms with Crippen LogP contribution in [0.2, 0.25) is 10.0 Å². The number of carbonyl (C=O) groups is 1. The van der Waals surface area contributed by atoms with Gasteiger partial charge in [-0.05, 0) is 48.2 Å². The summed E-state index contributed by atoms with van der Waals surface area (Å²) in [5, 5.41) is 4.02. The minimum absolute atomic E-state index is 0.0617. The third kappa shape index (κ3) is 6.08. The highest BCUT2D eigenvalue weighted by molar-refractivity contribution is 6.35. The lowest BCUT2D eigenvalue weighted by molar-refractivity contribution is 0.0853. The highest BCUT2D eigenvalue weighted by Crippen LogP contribution is 2.33. The van der Waals surface area contributed by atoms with Gasteiger partial charge in [-0.15, -0.1) is 0 Å².